The molecule has 0 unspecified atom stereocenters. The standard InChI is InChI=1S/C14H10ClF3N2O3S/c15-11-7-6-10(14(16,17)18)8-12(11)24(22,23)20-19-13(21)9-4-2-1-3-5-9/h1-8,20H,(H,19,21). The number of sulfonamides is 1. The fourth-order valence-corrected chi connectivity index (χ4v) is 3.08. The van der Waals surface area contributed by atoms with Crippen LogP contribution in [-0.2, 0) is 16.2 Å². The number of alkyl halides is 3. The highest BCUT2D eigenvalue weighted by atomic mass is 35.5. The number of hydrazine groups is 1. The molecule has 0 bridgehead atoms. The van der Waals surface area contributed by atoms with Crippen LogP contribution < -0.4 is 10.3 Å². The molecule has 2 rings (SSSR count). The summed E-state index contributed by atoms with van der Waals surface area (Å²) in [5.41, 5.74) is 0.890. The van der Waals surface area contributed by atoms with Gasteiger partial charge < -0.3 is 0 Å². The lowest BCUT2D eigenvalue weighted by atomic mass is 10.2. The second kappa shape index (κ2) is 6.80. The summed E-state index contributed by atoms with van der Waals surface area (Å²) in [5, 5.41) is -0.413. The van der Waals surface area contributed by atoms with Crippen LogP contribution in [0.2, 0.25) is 5.02 Å². The summed E-state index contributed by atoms with van der Waals surface area (Å²) in [6, 6.07) is 9.51. The van der Waals surface area contributed by atoms with E-state index in [9.17, 15) is 26.4 Å². The zero-order chi connectivity index (χ0) is 18.0. The monoisotopic (exact) mass is 378 g/mol. The van der Waals surface area contributed by atoms with E-state index < -0.39 is 37.6 Å². The number of hydrogen-bond acceptors (Lipinski definition) is 3. The van der Waals surface area contributed by atoms with Gasteiger partial charge in [-0.3, -0.25) is 10.2 Å². The molecular weight excluding hydrogens is 369 g/mol. The van der Waals surface area contributed by atoms with Crippen molar-refractivity contribution in [3.05, 3.63) is 64.7 Å². The number of halogens is 4. The largest absolute Gasteiger partial charge is 0.416 e. The Balaban J connectivity index is 2.23. The lowest BCUT2D eigenvalue weighted by molar-refractivity contribution is -0.137. The van der Waals surface area contributed by atoms with E-state index in [0.29, 0.717) is 12.1 Å². The fraction of sp³-hybridized carbons (Fsp3) is 0.0714. The van der Waals surface area contributed by atoms with E-state index in [2.05, 4.69) is 0 Å². The summed E-state index contributed by atoms with van der Waals surface area (Å²) in [4.78, 5) is 12.7. The van der Waals surface area contributed by atoms with Gasteiger partial charge in [0.2, 0.25) is 0 Å². The molecule has 5 nitrogen and oxygen atoms in total. The molecule has 1 amide bonds. The number of benzene rings is 2. The predicted molar refractivity (Wildman–Crippen MR) is 80.7 cm³/mol. The molecule has 0 aliphatic heterocycles. The van der Waals surface area contributed by atoms with Crippen LogP contribution in [0, 0.1) is 0 Å². The van der Waals surface area contributed by atoms with Crippen molar-refractivity contribution in [1.82, 2.24) is 10.3 Å². The molecule has 0 fully saturated rings. The van der Waals surface area contributed by atoms with Gasteiger partial charge in [-0.05, 0) is 30.3 Å². The zero-order valence-electron chi connectivity index (χ0n) is 11.8. The van der Waals surface area contributed by atoms with Gasteiger partial charge in [0.15, 0.2) is 0 Å². The van der Waals surface area contributed by atoms with Crippen molar-refractivity contribution < 1.29 is 26.4 Å². The second-order valence-corrected chi connectivity index (χ2v) is 6.63. The molecule has 24 heavy (non-hydrogen) atoms. The summed E-state index contributed by atoms with van der Waals surface area (Å²) >= 11 is 5.66. The van der Waals surface area contributed by atoms with Gasteiger partial charge in [0.05, 0.1) is 10.6 Å². The SMILES string of the molecule is O=C(NNS(=O)(=O)c1cc(C(F)(F)F)ccc1Cl)c1ccccc1. The second-order valence-electron chi connectivity index (χ2n) is 4.57. The van der Waals surface area contributed by atoms with Crippen molar-refractivity contribution in [1.29, 1.82) is 0 Å². The van der Waals surface area contributed by atoms with Crippen LogP contribution in [0.3, 0.4) is 0 Å². The third kappa shape index (κ3) is 4.25. The average Bonchev–Trinajstić information content (AvgIpc) is 2.52. The van der Waals surface area contributed by atoms with Crippen LogP contribution in [0.5, 0.6) is 0 Å². The smallest absolute Gasteiger partial charge is 0.273 e. The van der Waals surface area contributed by atoms with Crippen molar-refractivity contribution in [3.63, 3.8) is 0 Å². The first kappa shape index (κ1) is 18.2. The van der Waals surface area contributed by atoms with E-state index in [1.165, 1.54) is 12.1 Å². The Labute approximate surface area is 140 Å². The maximum Gasteiger partial charge on any atom is 0.416 e. The summed E-state index contributed by atoms with van der Waals surface area (Å²) in [6.07, 6.45) is -4.73. The van der Waals surface area contributed by atoms with E-state index in [4.69, 9.17) is 11.6 Å². The highest BCUT2D eigenvalue weighted by Crippen LogP contribution is 2.33. The number of nitrogens with one attached hydrogen (secondary N) is 2. The Morgan fingerprint density at radius 2 is 1.67 bits per heavy atom. The minimum atomic E-state index is -4.73. The van der Waals surface area contributed by atoms with E-state index in [0.717, 1.165) is 6.07 Å². The van der Waals surface area contributed by atoms with Crippen LogP contribution >= 0.6 is 11.6 Å². The minimum absolute atomic E-state index is 0.162. The van der Waals surface area contributed by atoms with Crippen molar-refractivity contribution in [3.8, 4) is 0 Å². The number of hydrogen-bond donors (Lipinski definition) is 2. The van der Waals surface area contributed by atoms with E-state index >= 15 is 0 Å². The quantitative estimate of drug-likeness (QED) is 0.803. The van der Waals surface area contributed by atoms with Gasteiger partial charge in [-0.1, -0.05) is 29.8 Å². The predicted octanol–water partition coefficient (Wildman–Crippen LogP) is 2.98. The Morgan fingerprint density at radius 3 is 2.25 bits per heavy atom. The normalized spacial score (nSPS) is 12.0. The number of carbonyl (C=O) groups is 1. The average molecular weight is 379 g/mol. The van der Waals surface area contributed by atoms with Crippen molar-refractivity contribution in [2.45, 2.75) is 11.1 Å². The molecule has 0 aromatic heterocycles. The summed E-state index contributed by atoms with van der Waals surface area (Å²) in [6.45, 7) is 0. The van der Waals surface area contributed by atoms with Gasteiger partial charge in [-0.2, -0.15) is 13.2 Å². The Morgan fingerprint density at radius 1 is 1.04 bits per heavy atom. The topological polar surface area (TPSA) is 75.3 Å². The Kier molecular flexibility index (Phi) is 5.16. The molecule has 2 aromatic rings. The number of carbonyl (C=O) groups excluding carboxylic acids is 1. The van der Waals surface area contributed by atoms with Crippen LogP contribution in [0.4, 0.5) is 13.2 Å². The maximum absolute atomic E-state index is 12.7. The van der Waals surface area contributed by atoms with E-state index in [1.807, 2.05) is 5.43 Å². The van der Waals surface area contributed by atoms with E-state index in [-0.39, 0.29) is 5.56 Å². The van der Waals surface area contributed by atoms with Crippen molar-refractivity contribution in [2.75, 3.05) is 0 Å². The van der Waals surface area contributed by atoms with Gasteiger partial charge in [-0.25, -0.2) is 8.42 Å². The third-order valence-electron chi connectivity index (χ3n) is 2.88. The zero-order valence-corrected chi connectivity index (χ0v) is 13.3. The fourth-order valence-electron chi connectivity index (χ4n) is 1.72. The first-order chi connectivity index (χ1) is 11.1. The molecule has 2 aromatic carbocycles. The first-order valence-corrected chi connectivity index (χ1v) is 8.21. The minimum Gasteiger partial charge on any atom is -0.273 e. The molecule has 10 heteroatoms. The molecule has 0 radical (unpaired) electrons. The van der Waals surface area contributed by atoms with Crippen LogP contribution in [0.25, 0.3) is 0 Å². The Hall–Kier alpha value is -2.10. The molecule has 0 saturated carbocycles. The molecule has 0 heterocycles. The molecular formula is C14H10ClF3N2O3S. The van der Waals surface area contributed by atoms with Crippen LogP contribution in [-0.4, -0.2) is 14.3 Å². The Bertz CT molecular complexity index is 855. The van der Waals surface area contributed by atoms with Gasteiger partial charge in [0.25, 0.3) is 15.9 Å². The first-order valence-electron chi connectivity index (χ1n) is 6.35. The molecule has 0 saturated heterocycles. The highest BCUT2D eigenvalue weighted by molar-refractivity contribution is 7.89. The van der Waals surface area contributed by atoms with Crippen molar-refractivity contribution in [2.24, 2.45) is 0 Å². The van der Waals surface area contributed by atoms with Crippen molar-refractivity contribution >= 4 is 27.5 Å². The molecule has 0 atom stereocenters. The number of amides is 1. The maximum atomic E-state index is 12.7. The van der Waals surface area contributed by atoms with Gasteiger partial charge in [0, 0.05) is 5.56 Å². The van der Waals surface area contributed by atoms with Gasteiger partial charge >= 0.3 is 6.18 Å². The molecule has 0 aliphatic carbocycles. The molecule has 2 N–H and O–H groups in total. The summed E-state index contributed by atoms with van der Waals surface area (Å²) in [5.74, 6) is -0.776. The highest BCUT2D eigenvalue weighted by Gasteiger charge is 2.32. The van der Waals surface area contributed by atoms with E-state index in [1.54, 1.807) is 23.0 Å². The van der Waals surface area contributed by atoms with Gasteiger partial charge in [-0.15, -0.1) is 4.83 Å². The lowest BCUT2D eigenvalue weighted by Gasteiger charge is -2.12. The molecule has 128 valence electrons. The third-order valence-corrected chi connectivity index (χ3v) is 4.61. The molecule has 0 spiro atoms. The van der Waals surface area contributed by atoms with Gasteiger partial charge in [0.1, 0.15) is 4.90 Å². The van der Waals surface area contributed by atoms with Crippen LogP contribution in [0.1, 0.15) is 15.9 Å². The summed E-state index contributed by atoms with van der Waals surface area (Å²) in [7, 11) is -4.49. The molecule has 0 aliphatic rings. The lowest BCUT2D eigenvalue weighted by Crippen LogP contribution is -2.41. The number of rotatable bonds is 4. The summed E-state index contributed by atoms with van der Waals surface area (Å²) < 4.78 is 62.3. The van der Waals surface area contributed by atoms with Crippen LogP contribution in [0.15, 0.2) is 53.4 Å².